The van der Waals surface area contributed by atoms with E-state index in [2.05, 4.69) is 5.48 Å². The highest BCUT2D eigenvalue weighted by atomic mass is 35.5. The largest absolute Gasteiger partial charge is 0.409 e. The van der Waals surface area contributed by atoms with E-state index in [1.165, 1.54) is 0 Å². The second-order valence-electron chi connectivity index (χ2n) is 4.86. The number of hydrogen-bond donors (Lipinski definition) is 3. The van der Waals surface area contributed by atoms with E-state index in [4.69, 9.17) is 28.0 Å². The van der Waals surface area contributed by atoms with E-state index in [0.29, 0.717) is 21.2 Å². The topological polar surface area (TPSA) is 61.7 Å². The summed E-state index contributed by atoms with van der Waals surface area (Å²) in [6, 6.07) is 4.68. The molecule has 0 radical (unpaired) electrons. The van der Waals surface area contributed by atoms with Crippen molar-refractivity contribution in [3.63, 3.8) is 0 Å². The molecule has 0 spiro atoms. The number of nitrogens with one attached hydrogen (secondary N) is 1. The van der Waals surface area contributed by atoms with Crippen molar-refractivity contribution < 1.29 is 15.1 Å². The van der Waals surface area contributed by atoms with Crippen LogP contribution in [0.3, 0.4) is 0 Å². The van der Waals surface area contributed by atoms with Gasteiger partial charge in [0.25, 0.3) is 0 Å². The number of aliphatic hydroxyl groups excluding tert-OH is 1. The van der Waals surface area contributed by atoms with Crippen LogP contribution in [0.4, 0.5) is 0 Å². The molecule has 1 atom stereocenters. The van der Waals surface area contributed by atoms with E-state index >= 15 is 0 Å². The van der Waals surface area contributed by atoms with Gasteiger partial charge < -0.3 is 15.1 Å². The second kappa shape index (κ2) is 5.31. The summed E-state index contributed by atoms with van der Waals surface area (Å²) in [6.45, 7) is 2.89. The van der Waals surface area contributed by atoms with Crippen LogP contribution in [-0.4, -0.2) is 22.4 Å². The average molecular weight is 304 g/mol. The smallest absolute Gasteiger partial charge is 0.158 e. The molecule has 1 unspecified atom stereocenters. The summed E-state index contributed by atoms with van der Waals surface area (Å²) in [6.07, 6.45) is 0. The molecule has 4 nitrogen and oxygen atoms in total. The highest BCUT2D eigenvalue weighted by molar-refractivity contribution is 6.36. The molecule has 19 heavy (non-hydrogen) atoms. The molecule has 1 aromatic rings. The predicted octanol–water partition coefficient (Wildman–Crippen LogP) is 2.59. The number of rotatable bonds is 3. The Labute approximate surface area is 121 Å². The maximum atomic E-state index is 10.0. The summed E-state index contributed by atoms with van der Waals surface area (Å²) in [5, 5.41) is 20.5. The van der Waals surface area contributed by atoms with Crippen molar-refractivity contribution in [2.45, 2.75) is 25.5 Å². The van der Waals surface area contributed by atoms with Crippen molar-refractivity contribution in [2.75, 3.05) is 6.61 Å². The quantitative estimate of drug-likeness (QED) is 0.803. The molecule has 0 fully saturated rings. The first-order valence-corrected chi connectivity index (χ1v) is 6.55. The molecule has 104 valence electrons. The summed E-state index contributed by atoms with van der Waals surface area (Å²) >= 11 is 12.3. The Balaban J connectivity index is 2.51. The molecule has 0 aromatic heterocycles. The molecule has 2 rings (SSSR count). The zero-order valence-electron chi connectivity index (χ0n) is 10.6. The van der Waals surface area contributed by atoms with Gasteiger partial charge in [0, 0.05) is 21.2 Å². The van der Waals surface area contributed by atoms with Gasteiger partial charge in [-0.2, -0.15) is 0 Å². The molecular formula is C13H15Cl2NO3. The van der Waals surface area contributed by atoms with E-state index in [-0.39, 0.29) is 12.4 Å². The molecule has 1 aliphatic heterocycles. The first-order chi connectivity index (χ1) is 8.86. The minimum absolute atomic E-state index is 0.265. The fraction of sp³-hybridized carbons (Fsp3) is 0.385. The van der Waals surface area contributed by atoms with E-state index in [1.54, 1.807) is 32.0 Å². The van der Waals surface area contributed by atoms with Gasteiger partial charge in [-0.15, -0.1) is 5.48 Å². The molecule has 0 amide bonds. The van der Waals surface area contributed by atoms with Crippen LogP contribution in [0.1, 0.15) is 25.5 Å². The van der Waals surface area contributed by atoms with Gasteiger partial charge in [0.05, 0.1) is 12.6 Å². The van der Waals surface area contributed by atoms with Crippen molar-refractivity contribution in [2.24, 2.45) is 0 Å². The van der Waals surface area contributed by atoms with Gasteiger partial charge in [0.15, 0.2) is 5.76 Å². The Kier molecular flexibility index (Phi) is 4.08. The molecule has 0 saturated heterocycles. The summed E-state index contributed by atoms with van der Waals surface area (Å²) in [7, 11) is 0. The van der Waals surface area contributed by atoms with Crippen LogP contribution < -0.4 is 5.48 Å². The highest BCUT2D eigenvalue weighted by Crippen LogP contribution is 2.40. The third kappa shape index (κ3) is 2.73. The van der Waals surface area contributed by atoms with Gasteiger partial charge in [-0.05, 0) is 26.0 Å². The molecule has 0 aliphatic carbocycles. The van der Waals surface area contributed by atoms with Gasteiger partial charge in [0.1, 0.15) is 5.60 Å². The number of hydroxylamine groups is 1. The van der Waals surface area contributed by atoms with Crippen molar-refractivity contribution >= 4 is 23.2 Å². The molecular weight excluding hydrogens is 289 g/mol. The Bertz CT molecular complexity index is 503. The first-order valence-electron chi connectivity index (χ1n) is 5.79. The standard InChI is InChI=1S/C13H15Cl2NO3/c1-13(2,18)12-7(6-17)11(16-19-12)10-8(14)4-3-5-9(10)15/h3-5,11,16-18H,6H2,1-2H3. The summed E-state index contributed by atoms with van der Waals surface area (Å²) in [5.74, 6) is 0.288. The fourth-order valence-corrected chi connectivity index (χ4v) is 2.70. The van der Waals surface area contributed by atoms with Gasteiger partial charge in [-0.1, -0.05) is 29.3 Å². The molecule has 3 N–H and O–H groups in total. The Morgan fingerprint density at radius 3 is 2.37 bits per heavy atom. The molecule has 1 aliphatic rings. The summed E-state index contributed by atoms with van der Waals surface area (Å²) < 4.78 is 0. The van der Waals surface area contributed by atoms with E-state index in [0.717, 1.165) is 0 Å². The number of aliphatic hydroxyl groups is 2. The maximum Gasteiger partial charge on any atom is 0.158 e. The van der Waals surface area contributed by atoms with Crippen molar-refractivity contribution in [3.8, 4) is 0 Å². The van der Waals surface area contributed by atoms with Gasteiger partial charge >= 0.3 is 0 Å². The lowest BCUT2D eigenvalue weighted by Gasteiger charge is -2.18. The van der Waals surface area contributed by atoms with Gasteiger partial charge in [0.2, 0.25) is 0 Å². The van der Waals surface area contributed by atoms with Crippen molar-refractivity contribution in [1.29, 1.82) is 0 Å². The van der Waals surface area contributed by atoms with Crippen LogP contribution >= 0.6 is 23.2 Å². The summed E-state index contributed by atoms with van der Waals surface area (Å²) in [5.41, 5.74) is 2.68. The zero-order chi connectivity index (χ0) is 14.2. The van der Waals surface area contributed by atoms with Crippen LogP contribution in [0, 0.1) is 0 Å². The lowest BCUT2D eigenvalue weighted by Crippen LogP contribution is -2.24. The van der Waals surface area contributed by atoms with Crippen LogP contribution in [0.15, 0.2) is 29.5 Å². The van der Waals surface area contributed by atoms with Crippen LogP contribution in [-0.2, 0) is 4.84 Å². The minimum Gasteiger partial charge on any atom is -0.409 e. The van der Waals surface area contributed by atoms with E-state index in [1.807, 2.05) is 0 Å². The van der Waals surface area contributed by atoms with Crippen LogP contribution in [0.5, 0.6) is 0 Å². The number of halogens is 2. The maximum absolute atomic E-state index is 10.0. The summed E-state index contributed by atoms with van der Waals surface area (Å²) in [4.78, 5) is 5.30. The molecule has 6 heteroatoms. The highest BCUT2D eigenvalue weighted by Gasteiger charge is 2.37. The normalized spacial score (nSPS) is 19.8. The average Bonchev–Trinajstić information content (AvgIpc) is 2.72. The van der Waals surface area contributed by atoms with Crippen molar-refractivity contribution in [3.05, 3.63) is 45.1 Å². The molecule has 1 heterocycles. The molecule has 0 saturated carbocycles. The van der Waals surface area contributed by atoms with Crippen molar-refractivity contribution in [1.82, 2.24) is 5.48 Å². The fourth-order valence-electron chi connectivity index (χ4n) is 2.09. The van der Waals surface area contributed by atoms with Crippen LogP contribution in [0.25, 0.3) is 0 Å². The molecule has 0 bridgehead atoms. The van der Waals surface area contributed by atoms with Gasteiger partial charge in [-0.3, -0.25) is 0 Å². The SMILES string of the molecule is CC(C)(O)C1=C(CO)C(c2c(Cl)cccc2Cl)NO1. The van der Waals surface area contributed by atoms with Gasteiger partial charge in [-0.25, -0.2) is 0 Å². The Morgan fingerprint density at radius 1 is 1.32 bits per heavy atom. The predicted molar refractivity (Wildman–Crippen MR) is 73.8 cm³/mol. The third-order valence-corrected chi connectivity index (χ3v) is 3.59. The van der Waals surface area contributed by atoms with Crippen LogP contribution in [0.2, 0.25) is 10.0 Å². The number of hydrogen-bond acceptors (Lipinski definition) is 4. The first kappa shape index (κ1) is 14.6. The monoisotopic (exact) mass is 303 g/mol. The third-order valence-electron chi connectivity index (χ3n) is 2.93. The minimum atomic E-state index is -1.20. The second-order valence-corrected chi connectivity index (χ2v) is 5.67. The Hall–Kier alpha value is -0.780. The Morgan fingerprint density at radius 2 is 1.89 bits per heavy atom. The lowest BCUT2D eigenvalue weighted by atomic mass is 9.94. The zero-order valence-corrected chi connectivity index (χ0v) is 12.1. The van der Waals surface area contributed by atoms with E-state index < -0.39 is 11.6 Å². The lowest BCUT2D eigenvalue weighted by molar-refractivity contribution is 0.0116. The molecule has 1 aromatic carbocycles. The van der Waals surface area contributed by atoms with E-state index in [9.17, 15) is 10.2 Å². The number of benzene rings is 1.